The molecule has 0 aliphatic heterocycles. The number of aromatic nitrogens is 6. The Hall–Kier alpha value is -4.24. The third-order valence-corrected chi connectivity index (χ3v) is 5.58. The molecule has 1 N–H and O–H groups in total. The first-order valence-electron chi connectivity index (χ1n) is 10.5. The van der Waals surface area contributed by atoms with Crippen LogP contribution in [0.25, 0.3) is 11.5 Å². The van der Waals surface area contributed by atoms with Crippen LogP contribution in [0.1, 0.15) is 27.4 Å². The van der Waals surface area contributed by atoms with Crippen LogP contribution < -0.4 is 11.0 Å². The summed E-state index contributed by atoms with van der Waals surface area (Å²) in [7, 11) is 0. The molecule has 5 aromatic rings. The quantitative estimate of drug-likeness (QED) is 0.420. The fourth-order valence-corrected chi connectivity index (χ4v) is 3.94. The monoisotopic (exact) mass is 473 g/mol. The first kappa shape index (κ1) is 21.6. The van der Waals surface area contributed by atoms with E-state index in [-0.39, 0.29) is 23.0 Å². The van der Waals surface area contributed by atoms with Crippen LogP contribution in [0.15, 0.2) is 71.7 Å². The summed E-state index contributed by atoms with van der Waals surface area (Å²) < 4.78 is 4.53. The normalized spacial score (nSPS) is 11.1. The molecule has 170 valence electrons. The molecule has 0 aliphatic rings. The largest absolute Gasteiger partial charge is 0.350 e. The predicted octanol–water partition coefficient (Wildman–Crippen LogP) is 3.65. The molecule has 0 spiro atoms. The van der Waals surface area contributed by atoms with Gasteiger partial charge < -0.3 is 5.32 Å². The number of pyridine rings is 2. The molecule has 34 heavy (non-hydrogen) atoms. The molecule has 4 heterocycles. The summed E-state index contributed by atoms with van der Waals surface area (Å²) in [5, 5.41) is 11.8. The van der Waals surface area contributed by atoms with Gasteiger partial charge in [0, 0.05) is 17.6 Å². The molecule has 0 aliphatic carbocycles. The van der Waals surface area contributed by atoms with Gasteiger partial charge in [0.05, 0.1) is 17.3 Å². The maximum atomic E-state index is 13.0. The maximum Gasteiger partial charge on any atom is 0.350 e. The summed E-state index contributed by atoms with van der Waals surface area (Å²) in [6.07, 6.45) is 1.68. The zero-order valence-electron chi connectivity index (χ0n) is 18.4. The van der Waals surface area contributed by atoms with E-state index in [1.54, 1.807) is 53.3 Å². The number of nitrogens with one attached hydrogen (secondary N) is 1. The lowest BCUT2D eigenvalue weighted by Crippen LogP contribution is -2.21. The summed E-state index contributed by atoms with van der Waals surface area (Å²) >= 11 is 6.28. The summed E-state index contributed by atoms with van der Waals surface area (Å²) in [5.74, 6) is 0.0514. The highest BCUT2D eigenvalue weighted by atomic mass is 35.5. The number of aryl methyl sites for hydroxylation is 2. The number of hydrogen-bond acceptors (Lipinski definition) is 5. The predicted molar refractivity (Wildman–Crippen MR) is 129 cm³/mol. The Morgan fingerprint density at radius 3 is 2.65 bits per heavy atom. The van der Waals surface area contributed by atoms with Gasteiger partial charge in [-0.15, -0.1) is 5.10 Å². The van der Waals surface area contributed by atoms with Crippen LogP contribution >= 0.6 is 11.6 Å². The standard InChI is InChI=1S/C24H20ClN7O2/c1-15-12-16(2)32(28-15)20-10-9-19(25)22(27-20)23(33)26-18-7-5-6-17(13-18)14-31-24(34)30-11-4-3-8-21(30)29-31/h3-13H,14H2,1-2H3,(H,26,33). The van der Waals surface area contributed by atoms with Gasteiger partial charge in [-0.1, -0.05) is 29.8 Å². The Morgan fingerprint density at radius 2 is 1.88 bits per heavy atom. The van der Waals surface area contributed by atoms with Gasteiger partial charge in [-0.2, -0.15) is 5.10 Å². The Bertz CT molecular complexity index is 1600. The van der Waals surface area contributed by atoms with Crippen LogP contribution in [0.2, 0.25) is 5.02 Å². The highest BCUT2D eigenvalue weighted by Crippen LogP contribution is 2.20. The Morgan fingerprint density at radius 1 is 1.03 bits per heavy atom. The average molecular weight is 474 g/mol. The van der Waals surface area contributed by atoms with Crippen LogP contribution in [0, 0.1) is 13.8 Å². The lowest BCUT2D eigenvalue weighted by Gasteiger charge is -2.10. The van der Waals surface area contributed by atoms with Crippen molar-refractivity contribution in [3.63, 3.8) is 0 Å². The third-order valence-electron chi connectivity index (χ3n) is 5.28. The molecule has 0 unspecified atom stereocenters. The van der Waals surface area contributed by atoms with Gasteiger partial charge >= 0.3 is 5.69 Å². The number of halogens is 1. The van der Waals surface area contributed by atoms with Gasteiger partial charge in [0.1, 0.15) is 5.69 Å². The molecule has 0 radical (unpaired) electrons. The van der Waals surface area contributed by atoms with Crippen LogP contribution in [-0.2, 0) is 6.54 Å². The van der Waals surface area contributed by atoms with E-state index in [1.807, 2.05) is 32.0 Å². The first-order valence-corrected chi connectivity index (χ1v) is 10.9. The van der Waals surface area contributed by atoms with Gasteiger partial charge in [0.2, 0.25) is 0 Å². The molecule has 1 amide bonds. The van der Waals surface area contributed by atoms with E-state index >= 15 is 0 Å². The molecule has 0 saturated heterocycles. The fourth-order valence-electron chi connectivity index (χ4n) is 3.75. The fraction of sp³-hybridized carbons (Fsp3) is 0.125. The van der Waals surface area contributed by atoms with Crippen LogP contribution in [0.4, 0.5) is 5.69 Å². The minimum Gasteiger partial charge on any atom is -0.321 e. The molecule has 10 heteroatoms. The molecule has 0 saturated carbocycles. The topological polar surface area (TPSA) is 99.1 Å². The smallest absolute Gasteiger partial charge is 0.321 e. The molecule has 4 aromatic heterocycles. The number of rotatable bonds is 5. The summed E-state index contributed by atoms with van der Waals surface area (Å²) in [6, 6.07) is 17.8. The van der Waals surface area contributed by atoms with Crippen molar-refractivity contribution in [3.05, 3.63) is 105 Å². The molecule has 5 rings (SSSR count). The van der Waals surface area contributed by atoms with Crippen molar-refractivity contribution in [2.24, 2.45) is 0 Å². The Kier molecular flexibility index (Phi) is 5.46. The molecular weight excluding hydrogens is 454 g/mol. The SMILES string of the molecule is Cc1cc(C)n(-c2ccc(Cl)c(C(=O)Nc3cccc(Cn4nc5ccccn5c4=O)c3)n2)n1. The van der Waals surface area contributed by atoms with Gasteiger partial charge in [-0.3, -0.25) is 9.20 Å². The van der Waals surface area contributed by atoms with Crippen LogP contribution in [0.3, 0.4) is 0 Å². The second-order valence-electron chi connectivity index (χ2n) is 7.86. The number of benzene rings is 1. The second-order valence-corrected chi connectivity index (χ2v) is 8.27. The zero-order chi connectivity index (χ0) is 23.8. The van der Waals surface area contributed by atoms with Crippen molar-refractivity contribution in [1.82, 2.24) is 28.9 Å². The number of carbonyl (C=O) groups is 1. The highest BCUT2D eigenvalue weighted by molar-refractivity contribution is 6.34. The minimum atomic E-state index is -0.449. The average Bonchev–Trinajstić information content (AvgIpc) is 3.32. The van der Waals surface area contributed by atoms with Crippen LogP contribution in [-0.4, -0.2) is 34.9 Å². The molecule has 0 fully saturated rings. The Balaban J connectivity index is 1.39. The number of nitrogens with zero attached hydrogens (tertiary/aromatic N) is 6. The van der Waals surface area contributed by atoms with Crippen molar-refractivity contribution in [2.45, 2.75) is 20.4 Å². The molecule has 9 nitrogen and oxygen atoms in total. The van der Waals surface area contributed by atoms with Crippen molar-refractivity contribution < 1.29 is 4.79 Å². The molecule has 1 aromatic carbocycles. The zero-order valence-corrected chi connectivity index (χ0v) is 19.2. The molecule has 0 bridgehead atoms. The van der Waals surface area contributed by atoms with Crippen molar-refractivity contribution in [3.8, 4) is 5.82 Å². The van der Waals surface area contributed by atoms with E-state index in [4.69, 9.17) is 11.6 Å². The van der Waals surface area contributed by atoms with E-state index in [0.717, 1.165) is 17.0 Å². The van der Waals surface area contributed by atoms with Gasteiger partial charge in [0.15, 0.2) is 11.5 Å². The van der Waals surface area contributed by atoms with Gasteiger partial charge in [0.25, 0.3) is 5.91 Å². The van der Waals surface area contributed by atoms with Crippen LogP contribution in [0.5, 0.6) is 0 Å². The van der Waals surface area contributed by atoms with E-state index in [2.05, 4.69) is 20.5 Å². The number of anilines is 1. The van der Waals surface area contributed by atoms with E-state index < -0.39 is 5.91 Å². The minimum absolute atomic E-state index is 0.0914. The molecule has 0 atom stereocenters. The molecular formula is C24H20ClN7O2. The number of carbonyl (C=O) groups excluding carboxylic acids is 1. The number of fused-ring (bicyclic) bond motifs is 1. The maximum absolute atomic E-state index is 13.0. The van der Waals surface area contributed by atoms with Crippen molar-refractivity contribution in [2.75, 3.05) is 5.32 Å². The summed E-state index contributed by atoms with van der Waals surface area (Å²) in [6.45, 7) is 4.06. The summed E-state index contributed by atoms with van der Waals surface area (Å²) in [4.78, 5) is 30.0. The highest BCUT2D eigenvalue weighted by Gasteiger charge is 2.16. The van der Waals surface area contributed by atoms with E-state index in [1.165, 1.54) is 9.08 Å². The Labute approximate surface area is 199 Å². The van der Waals surface area contributed by atoms with Crippen molar-refractivity contribution >= 4 is 28.8 Å². The number of amides is 1. The third kappa shape index (κ3) is 4.08. The first-order chi connectivity index (χ1) is 16.4. The number of hydrogen-bond donors (Lipinski definition) is 1. The lowest BCUT2D eigenvalue weighted by molar-refractivity contribution is 0.102. The van der Waals surface area contributed by atoms with Gasteiger partial charge in [-0.25, -0.2) is 19.1 Å². The van der Waals surface area contributed by atoms with E-state index in [0.29, 0.717) is 17.2 Å². The van der Waals surface area contributed by atoms with Crippen molar-refractivity contribution in [1.29, 1.82) is 0 Å². The van der Waals surface area contributed by atoms with E-state index in [9.17, 15) is 9.59 Å². The van der Waals surface area contributed by atoms with Gasteiger partial charge in [-0.05, 0) is 61.9 Å². The summed E-state index contributed by atoms with van der Waals surface area (Å²) in [5.41, 5.74) is 3.53. The lowest BCUT2D eigenvalue weighted by atomic mass is 10.2. The second kappa shape index (κ2) is 8.60.